The Hall–Kier alpha value is -1.04. The molecule has 14 heavy (non-hydrogen) atoms. The second-order valence-electron chi connectivity index (χ2n) is 3.37. The van der Waals surface area contributed by atoms with Gasteiger partial charge in [-0.15, -0.1) is 0 Å². The van der Waals surface area contributed by atoms with Crippen LogP contribution in [-0.2, 0) is 6.54 Å². The highest BCUT2D eigenvalue weighted by Gasteiger charge is 2.27. The van der Waals surface area contributed by atoms with Crippen LogP contribution in [0.1, 0.15) is 17.3 Å². The summed E-state index contributed by atoms with van der Waals surface area (Å²) in [6.07, 6.45) is 0. The van der Waals surface area contributed by atoms with Gasteiger partial charge in [-0.1, -0.05) is 6.92 Å². The normalized spacial score (nSPS) is 20.0. The standard InChI is InChI=1S/C8H9BrN2O3/c1-4-2-11-7(14-3-4)5(8(12)13)6(9)10-11/h4H,2-3H2,1H3,(H,12,13)/t4-/m1/s1. The largest absolute Gasteiger partial charge is 0.477 e. The summed E-state index contributed by atoms with van der Waals surface area (Å²) in [6.45, 7) is 3.26. The summed E-state index contributed by atoms with van der Waals surface area (Å²) in [5.74, 6) is -0.314. The number of carbonyl (C=O) groups is 1. The molecule has 1 aliphatic heterocycles. The third-order valence-electron chi connectivity index (χ3n) is 2.07. The third kappa shape index (κ3) is 1.39. The molecule has 0 amide bonds. The number of hydrogen-bond donors (Lipinski definition) is 1. The zero-order valence-electron chi connectivity index (χ0n) is 7.53. The number of aromatic carboxylic acids is 1. The number of rotatable bonds is 1. The van der Waals surface area contributed by atoms with Gasteiger partial charge in [0, 0.05) is 5.92 Å². The Labute approximate surface area is 88.8 Å². The number of carboxylic acid groups (broad SMARTS) is 1. The molecule has 0 radical (unpaired) electrons. The molecule has 0 saturated heterocycles. The fourth-order valence-electron chi connectivity index (χ4n) is 1.44. The zero-order valence-corrected chi connectivity index (χ0v) is 9.11. The van der Waals surface area contributed by atoms with Crippen molar-refractivity contribution in [3.63, 3.8) is 0 Å². The number of aromatic nitrogens is 2. The van der Waals surface area contributed by atoms with Crippen molar-refractivity contribution in [3.8, 4) is 5.88 Å². The molecule has 1 N–H and O–H groups in total. The monoisotopic (exact) mass is 260 g/mol. The summed E-state index contributed by atoms with van der Waals surface area (Å²) in [4.78, 5) is 10.9. The SMILES string of the molecule is C[C@H]1COc2c(C(=O)O)c(Br)nn2C1. The topological polar surface area (TPSA) is 64.3 Å². The molecule has 2 heterocycles. The van der Waals surface area contributed by atoms with E-state index in [0.29, 0.717) is 29.6 Å². The Morgan fingerprint density at radius 1 is 1.79 bits per heavy atom. The van der Waals surface area contributed by atoms with Gasteiger partial charge in [0.05, 0.1) is 13.2 Å². The van der Waals surface area contributed by atoms with Gasteiger partial charge < -0.3 is 9.84 Å². The number of fused-ring (bicyclic) bond motifs is 1. The molecular formula is C8H9BrN2O3. The van der Waals surface area contributed by atoms with Crippen LogP contribution in [0.2, 0.25) is 0 Å². The van der Waals surface area contributed by atoms with E-state index in [1.807, 2.05) is 6.92 Å². The molecule has 76 valence electrons. The predicted molar refractivity (Wildman–Crippen MR) is 51.5 cm³/mol. The highest BCUT2D eigenvalue weighted by molar-refractivity contribution is 9.10. The van der Waals surface area contributed by atoms with Crippen molar-refractivity contribution in [1.29, 1.82) is 0 Å². The lowest BCUT2D eigenvalue weighted by molar-refractivity contribution is 0.0686. The number of nitrogens with zero attached hydrogens (tertiary/aromatic N) is 2. The number of ether oxygens (including phenoxy) is 1. The highest BCUT2D eigenvalue weighted by Crippen LogP contribution is 2.30. The van der Waals surface area contributed by atoms with Gasteiger partial charge in [-0.05, 0) is 15.9 Å². The Morgan fingerprint density at radius 2 is 2.50 bits per heavy atom. The first-order valence-electron chi connectivity index (χ1n) is 4.22. The van der Waals surface area contributed by atoms with Crippen LogP contribution in [0.3, 0.4) is 0 Å². The summed E-state index contributed by atoms with van der Waals surface area (Å²) in [5.41, 5.74) is 0.108. The average Bonchev–Trinajstić information content (AvgIpc) is 2.39. The van der Waals surface area contributed by atoms with E-state index < -0.39 is 5.97 Å². The van der Waals surface area contributed by atoms with E-state index in [2.05, 4.69) is 21.0 Å². The average molecular weight is 261 g/mol. The summed E-state index contributed by atoms with van der Waals surface area (Å²) in [5, 5.41) is 13.0. The molecule has 1 aromatic rings. The van der Waals surface area contributed by atoms with Crippen LogP contribution >= 0.6 is 15.9 Å². The van der Waals surface area contributed by atoms with Crippen LogP contribution in [-0.4, -0.2) is 27.5 Å². The van der Waals surface area contributed by atoms with Gasteiger partial charge in [0.15, 0.2) is 5.56 Å². The van der Waals surface area contributed by atoms with Crippen molar-refractivity contribution >= 4 is 21.9 Å². The summed E-state index contributed by atoms with van der Waals surface area (Å²) >= 11 is 3.11. The minimum absolute atomic E-state index is 0.108. The van der Waals surface area contributed by atoms with E-state index in [0.717, 1.165) is 0 Å². The lowest BCUT2D eigenvalue weighted by Crippen LogP contribution is -2.24. The maximum atomic E-state index is 10.9. The second kappa shape index (κ2) is 3.27. The third-order valence-corrected chi connectivity index (χ3v) is 2.62. The molecule has 0 unspecified atom stereocenters. The molecule has 0 fully saturated rings. The number of hydrogen-bond acceptors (Lipinski definition) is 3. The van der Waals surface area contributed by atoms with Crippen LogP contribution < -0.4 is 4.74 Å². The predicted octanol–water partition coefficient (Wildman–Crippen LogP) is 1.37. The molecule has 0 aliphatic carbocycles. The van der Waals surface area contributed by atoms with Crippen LogP contribution in [0, 0.1) is 5.92 Å². The van der Waals surface area contributed by atoms with Gasteiger partial charge in [-0.3, -0.25) is 0 Å². The molecule has 0 aromatic carbocycles. The van der Waals surface area contributed by atoms with Crippen molar-refractivity contribution < 1.29 is 14.6 Å². The lowest BCUT2D eigenvalue weighted by atomic mass is 10.2. The molecule has 0 bridgehead atoms. The number of carboxylic acids is 1. The fourth-order valence-corrected chi connectivity index (χ4v) is 1.97. The van der Waals surface area contributed by atoms with Crippen LogP contribution in [0.15, 0.2) is 4.60 Å². The van der Waals surface area contributed by atoms with Crippen LogP contribution in [0.25, 0.3) is 0 Å². The first kappa shape index (κ1) is 9.51. The Balaban J connectivity index is 2.49. The highest BCUT2D eigenvalue weighted by atomic mass is 79.9. The Morgan fingerprint density at radius 3 is 3.14 bits per heavy atom. The van der Waals surface area contributed by atoms with Crippen molar-refractivity contribution in [2.45, 2.75) is 13.5 Å². The summed E-state index contributed by atoms with van der Waals surface area (Å²) in [6, 6.07) is 0. The first-order valence-corrected chi connectivity index (χ1v) is 5.01. The van der Waals surface area contributed by atoms with Crippen LogP contribution in [0.5, 0.6) is 5.88 Å². The van der Waals surface area contributed by atoms with E-state index >= 15 is 0 Å². The van der Waals surface area contributed by atoms with Gasteiger partial charge >= 0.3 is 5.97 Å². The number of halogens is 1. The lowest BCUT2D eigenvalue weighted by Gasteiger charge is -2.20. The smallest absolute Gasteiger partial charge is 0.344 e. The summed E-state index contributed by atoms with van der Waals surface area (Å²) < 4.78 is 7.25. The van der Waals surface area contributed by atoms with Gasteiger partial charge in [-0.25, -0.2) is 9.48 Å². The molecule has 1 aromatic heterocycles. The maximum absolute atomic E-state index is 10.9. The first-order chi connectivity index (χ1) is 6.59. The van der Waals surface area contributed by atoms with Crippen molar-refractivity contribution in [1.82, 2.24) is 9.78 Å². The molecule has 0 spiro atoms. The minimum Gasteiger partial charge on any atom is -0.477 e. The van der Waals surface area contributed by atoms with Gasteiger partial charge in [0.1, 0.15) is 4.60 Å². The van der Waals surface area contributed by atoms with E-state index in [4.69, 9.17) is 9.84 Å². The minimum atomic E-state index is -1.02. The fraction of sp³-hybridized carbons (Fsp3) is 0.500. The molecule has 1 atom stereocenters. The molecule has 0 saturated carbocycles. The van der Waals surface area contributed by atoms with Crippen molar-refractivity contribution in [3.05, 3.63) is 10.2 Å². The Bertz CT molecular complexity index is 388. The van der Waals surface area contributed by atoms with E-state index in [-0.39, 0.29) is 5.56 Å². The van der Waals surface area contributed by atoms with E-state index in [9.17, 15) is 4.79 Å². The van der Waals surface area contributed by atoms with Gasteiger partial charge in [0.2, 0.25) is 5.88 Å². The second-order valence-corrected chi connectivity index (χ2v) is 4.13. The molecule has 5 nitrogen and oxygen atoms in total. The molecule has 6 heteroatoms. The molecule has 1 aliphatic rings. The van der Waals surface area contributed by atoms with Gasteiger partial charge in [0.25, 0.3) is 0 Å². The Kier molecular flexibility index (Phi) is 2.22. The van der Waals surface area contributed by atoms with E-state index in [1.54, 1.807) is 4.68 Å². The van der Waals surface area contributed by atoms with Crippen LogP contribution in [0.4, 0.5) is 0 Å². The quantitative estimate of drug-likeness (QED) is 0.829. The van der Waals surface area contributed by atoms with E-state index in [1.165, 1.54) is 0 Å². The van der Waals surface area contributed by atoms with Crippen molar-refractivity contribution in [2.24, 2.45) is 5.92 Å². The molecular weight excluding hydrogens is 252 g/mol. The summed E-state index contributed by atoms with van der Waals surface area (Å²) in [7, 11) is 0. The maximum Gasteiger partial charge on any atom is 0.344 e. The van der Waals surface area contributed by atoms with Crippen molar-refractivity contribution in [2.75, 3.05) is 6.61 Å². The van der Waals surface area contributed by atoms with Gasteiger partial charge in [-0.2, -0.15) is 5.10 Å². The zero-order chi connectivity index (χ0) is 10.3. The molecule has 2 rings (SSSR count).